The van der Waals surface area contributed by atoms with Crippen LogP contribution < -0.4 is 4.74 Å². The Labute approximate surface area is 124 Å². The Bertz CT molecular complexity index is 417. The molecule has 118 valence electrons. The van der Waals surface area contributed by atoms with Crippen LogP contribution in [0.1, 0.15) is 17.3 Å². The van der Waals surface area contributed by atoms with Gasteiger partial charge in [0.1, 0.15) is 18.5 Å². The molecule has 0 saturated heterocycles. The number of methoxy groups -OCH3 is 2. The number of rotatable bonds is 9. The van der Waals surface area contributed by atoms with Gasteiger partial charge < -0.3 is 24.1 Å². The maximum atomic E-state index is 11.3. The van der Waals surface area contributed by atoms with Gasteiger partial charge in [-0.1, -0.05) is 0 Å². The quantitative estimate of drug-likeness (QED) is 0.692. The van der Waals surface area contributed by atoms with Gasteiger partial charge in [-0.25, -0.2) is 4.79 Å². The van der Waals surface area contributed by atoms with Crippen LogP contribution in [0.3, 0.4) is 0 Å². The topological polar surface area (TPSA) is 74.2 Å². The Morgan fingerprint density at radius 1 is 1.14 bits per heavy atom. The molecule has 0 aliphatic rings. The van der Waals surface area contributed by atoms with Crippen LogP contribution in [0.15, 0.2) is 24.3 Å². The summed E-state index contributed by atoms with van der Waals surface area (Å²) in [5.41, 5.74) is 0.446. The van der Waals surface area contributed by atoms with Gasteiger partial charge in [0.2, 0.25) is 0 Å². The summed E-state index contributed by atoms with van der Waals surface area (Å²) in [7, 11) is 2.92. The van der Waals surface area contributed by atoms with Crippen LogP contribution in [-0.4, -0.2) is 57.3 Å². The fourth-order valence-electron chi connectivity index (χ4n) is 1.60. The lowest BCUT2D eigenvalue weighted by Crippen LogP contribution is -2.27. The lowest BCUT2D eigenvalue weighted by Gasteiger charge is -2.16. The van der Waals surface area contributed by atoms with Crippen molar-refractivity contribution in [2.24, 2.45) is 0 Å². The molecule has 0 aromatic heterocycles. The van der Waals surface area contributed by atoms with Crippen LogP contribution in [0.5, 0.6) is 5.75 Å². The molecule has 6 nitrogen and oxygen atoms in total. The summed E-state index contributed by atoms with van der Waals surface area (Å²) in [5.74, 6) is 0.161. The lowest BCUT2D eigenvalue weighted by molar-refractivity contribution is -0.0423. The van der Waals surface area contributed by atoms with Crippen LogP contribution in [0.2, 0.25) is 0 Å². The van der Waals surface area contributed by atoms with Crippen molar-refractivity contribution >= 4 is 5.97 Å². The Kier molecular flexibility index (Phi) is 7.74. The average Bonchev–Trinajstić information content (AvgIpc) is 2.51. The zero-order valence-electron chi connectivity index (χ0n) is 12.6. The van der Waals surface area contributed by atoms with E-state index in [1.54, 1.807) is 31.4 Å². The number of aliphatic hydroxyl groups is 1. The highest BCUT2D eigenvalue weighted by Gasteiger charge is 2.10. The maximum absolute atomic E-state index is 11.3. The molecular weight excluding hydrogens is 276 g/mol. The van der Waals surface area contributed by atoms with Crippen molar-refractivity contribution < 1.29 is 28.8 Å². The van der Waals surface area contributed by atoms with E-state index in [9.17, 15) is 9.90 Å². The van der Waals surface area contributed by atoms with Gasteiger partial charge in [0.15, 0.2) is 0 Å². The SMILES string of the molecule is COCC(C)OCC(O)COc1ccc(C(=O)OC)cc1. The predicted octanol–water partition coefficient (Wildman–Crippen LogP) is 1.26. The van der Waals surface area contributed by atoms with Gasteiger partial charge in [0.25, 0.3) is 0 Å². The number of benzene rings is 1. The summed E-state index contributed by atoms with van der Waals surface area (Å²) >= 11 is 0. The number of aliphatic hydroxyl groups excluding tert-OH is 1. The number of carbonyl (C=O) groups excluding carboxylic acids is 1. The van der Waals surface area contributed by atoms with Crippen molar-refractivity contribution in [1.82, 2.24) is 0 Å². The molecule has 2 unspecified atom stereocenters. The second-order valence-corrected chi connectivity index (χ2v) is 4.58. The minimum absolute atomic E-state index is 0.0796. The van der Waals surface area contributed by atoms with E-state index in [1.807, 2.05) is 6.92 Å². The normalized spacial score (nSPS) is 13.5. The third kappa shape index (κ3) is 6.57. The molecule has 0 saturated carbocycles. The third-order valence-electron chi connectivity index (χ3n) is 2.69. The summed E-state index contributed by atoms with van der Waals surface area (Å²) in [6.07, 6.45) is -0.812. The number of hydrogen-bond acceptors (Lipinski definition) is 6. The first-order chi connectivity index (χ1) is 10.1. The van der Waals surface area contributed by atoms with Gasteiger partial charge in [0.05, 0.1) is 32.0 Å². The van der Waals surface area contributed by atoms with E-state index in [0.717, 1.165) is 0 Å². The zero-order valence-corrected chi connectivity index (χ0v) is 12.6. The van der Waals surface area contributed by atoms with E-state index >= 15 is 0 Å². The lowest BCUT2D eigenvalue weighted by atomic mass is 10.2. The fourth-order valence-corrected chi connectivity index (χ4v) is 1.60. The molecule has 0 spiro atoms. The largest absolute Gasteiger partial charge is 0.491 e. The van der Waals surface area contributed by atoms with Crippen LogP contribution in [0, 0.1) is 0 Å². The summed E-state index contributed by atoms with van der Waals surface area (Å²) in [6.45, 7) is 2.62. The number of hydrogen-bond donors (Lipinski definition) is 1. The van der Waals surface area contributed by atoms with E-state index in [-0.39, 0.29) is 19.3 Å². The van der Waals surface area contributed by atoms with Gasteiger partial charge in [-0.2, -0.15) is 0 Å². The van der Waals surface area contributed by atoms with Crippen molar-refractivity contribution in [1.29, 1.82) is 0 Å². The Balaban J connectivity index is 2.32. The third-order valence-corrected chi connectivity index (χ3v) is 2.69. The molecule has 2 atom stereocenters. The molecule has 0 aliphatic carbocycles. The highest BCUT2D eigenvalue weighted by atomic mass is 16.5. The van der Waals surface area contributed by atoms with Gasteiger partial charge >= 0.3 is 5.97 Å². The summed E-state index contributed by atoms with van der Waals surface area (Å²) in [4.78, 5) is 11.3. The Morgan fingerprint density at radius 2 is 1.81 bits per heavy atom. The van der Waals surface area contributed by atoms with Crippen molar-refractivity contribution in [3.63, 3.8) is 0 Å². The second kappa shape index (κ2) is 9.33. The minimum Gasteiger partial charge on any atom is -0.491 e. The highest BCUT2D eigenvalue weighted by Crippen LogP contribution is 2.13. The van der Waals surface area contributed by atoms with Crippen LogP contribution in [0.4, 0.5) is 0 Å². The van der Waals surface area contributed by atoms with E-state index in [4.69, 9.17) is 14.2 Å². The molecule has 0 bridgehead atoms. The molecule has 1 N–H and O–H groups in total. The molecule has 1 aromatic rings. The molecule has 6 heteroatoms. The Hall–Kier alpha value is -1.63. The van der Waals surface area contributed by atoms with E-state index in [1.165, 1.54) is 7.11 Å². The van der Waals surface area contributed by atoms with Crippen LogP contribution in [-0.2, 0) is 14.2 Å². The van der Waals surface area contributed by atoms with Crippen LogP contribution in [0.25, 0.3) is 0 Å². The maximum Gasteiger partial charge on any atom is 0.337 e. The first-order valence-electron chi connectivity index (χ1n) is 6.66. The molecule has 0 fully saturated rings. The van der Waals surface area contributed by atoms with E-state index in [0.29, 0.717) is 17.9 Å². The fraction of sp³-hybridized carbons (Fsp3) is 0.533. The van der Waals surface area contributed by atoms with Crippen molar-refractivity contribution in [2.75, 3.05) is 34.0 Å². The standard InChI is InChI=1S/C15H22O6/c1-11(8-18-2)20-9-13(16)10-21-14-6-4-12(5-7-14)15(17)19-3/h4-7,11,13,16H,8-10H2,1-3H3. The molecule has 0 radical (unpaired) electrons. The summed E-state index contributed by atoms with van der Waals surface area (Å²) in [5, 5.41) is 9.74. The zero-order chi connectivity index (χ0) is 15.7. The number of esters is 1. The van der Waals surface area contributed by atoms with E-state index in [2.05, 4.69) is 4.74 Å². The van der Waals surface area contributed by atoms with Crippen molar-refractivity contribution in [3.05, 3.63) is 29.8 Å². The monoisotopic (exact) mass is 298 g/mol. The van der Waals surface area contributed by atoms with Gasteiger partial charge in [-0.15, -0.1) is 0 Å². The molecule has 0 amide bonds. The van der Waals surface area contributed by atoms with Gasteiger partial charge in [-0.05, 0) is 31.2 Å². The minimum atomic E-state index is -0.732. The van der Waals surface area contributed by atoms with Crippen molar-refractivity contribution in [2.45, 2.75) is 19.1 Å². The van der Waals surface area contributed by atoms with E-state index < -0.39 is 12.1 Å². The first kappa shape index (κ1) is 17.4. The van der Waals surface area contributed by atoms with Gasteiger partial charge in [-0.3, -0.25) is 0 Å². The molecule has 0 aliphatic heterocycles. The first-order valence-corrected chi connectivity index (χ1v) is 6.66. The second-order valence-electron chi connectivity index (χ2n) is 4.58. The number of carbonyl (C=O) groups is 1. The van der Waals surface area contributed by atoms with Gasteiger partial charge in [0, 0.05) is 7.11 Å². The summed E-state index contributed by atoms with van der Waals surface area (Å²) < 4.78 is 20.3. The molecule has 1 rings (SSSR count). The highest BCUT2D eigenvalue weighted by molar-refractivity contribution is 5.89. The number of ether oxygens (including phenoxy) is 4. The molecular formula is C15H22O6. The molecule has 21 heavy (non-hydrogen) atoms. The molecule has 0 heterocycles. The summed E-state index contributed by atoms with van der Waals surface area (Å²) in [6, 6.07) is 6.50. The molecule has 1 aromatic carbocycles. The Morgan fingerprint density at radius 3 is 2.38 bits per heavy atom. The van der Waals surface area contributed by atoms with Crippen LogP contribution >= 0.6 is 0 Å². The average molecular weight is 298 g/mol. The predicted molar refractivity (Wildman–Crippen MR) is 76.6 cm³/mol. The smallest absolute Gasteiger partial charge is 0.337 e. The van der Waals surface area contributed by atoms with Crippen molar-refractivity contribution in [3.8, 4) is 5.75 Å².